The standard InChI is InChI=1S/C16H23NO2/c1-7-11(3)14(6)17(19)16(18)15-12(4)8-10(2)9-13(15)5/h8-9,14,19H,3,7H2,1-2,4-6H3. The first-order valence-corrected chi connectivity index (χ1v) is 6.57. The zero-order valence-electron chi connectivity index (χ0n) is 12.4. The number of carbonyl (C=O) groups excluding carboxylic acids is 1. The van der Waals surface area contributed by atoms with Crippen molar-refractivity contribution in [3.8, 4) is 0 Å². The first-order valence-electron chi connectivity index (χ1n) is 6.57. The molecule has 0 radical (unpaired) electrons. The maximum atomic E-state index is 12.4. The fraction of sp³-hybridized carbons (Fsp3) is 0.438. The van der Waals surface area contributed by atoms with E-state index in [1.54, 1.807) is 6.92 Å². The second-order valence-electron chi connectivity index (χ2n) is 5.11. The summed E-state index contributed by atoms with van der Waals surface area (Å²) in [4.78, 5) is 12.4. The number of nitrogens with zero attached hydrogens (tertiary/aromatic N) is 1. The molecule has 1 aromatic rings. The molecule has 0 aliphatic rings. The van der Waals surface area contributed by atoms with Gasteiger partial charge in [-0.3, -0.25) is 10.0 Å². The number of carbonyl (C=O) groups is 1. The molecule has 1 amide bonds. The fourth-order valence-electron chi connectivity index (χ4n) is 2.28. The Morgan fingerprint density at radius 2 is 1.79 bits per heavy atom. The highest BCUT2D eigenvalue weighted by Crippen LogP contribution is 2.20. The number of hydrogen-bond donors (Lipinski definition) is 1. The van der Waals surface area contributed by atoms with Gasteiger partial charge in [-0.2, -0.15) is 0 Å². The van der Waals surface area contributed by atoms with Gasteiger partial charge >= 0.3 is 0 Å². The molecule has 0 aromatic heterocycles. The van der Waals surface area contributed by atoms with Gasteiger partial charge in [-0.15, -0.1) is 0 Å². The molecule has 0 aliphatic heterocycles. The lowest BCUT2D eigenvalue weighted by Gasteiger charge is -2.25. The van der Waals surface area contributed by atoms with Crippen molar-refractivity contribution in [1.82, 2.24) is 5.06 Å². The van der Waals surface area contributed by atoms with E-state index in [-0.39, 0.29) is 11.9 Å². The summed E-state index contributed by atoms with van der Waals surface area (Å²) in [6, 6.07) is 3.53. The topological polar surface area (TPSA) is 40.5 Å². The van der Waals surface area contributed by atoms with Gasteiger partial charge in [0.15, 0.2) is 0 Å². The van der Waals surface area contributed by atoms with Gasteiger partial charge in [-0.05, 0) is 45.2 Å². The summed E-state index contributed by atoms with van der Waals surface area (Å²) in [7, 11) is 0. The average Bonchev–Trinajstić information content (AvgIpc) is 2.34. The quantitative estimate of drug-likeness (QED) is 0.509. The second kappa shape index (κ2) is 6.02. The van der Waals surface area contributed by atoms with Crippen molar-refractivity contribution in [2.24, 2.45) is 0 Å². The SMILES string of the molecule is C=C(CC)C(C)N(O)C(=O)c1c(C)cc(C)cc1C. The highest BCUT2D eigenvalue weighted by Gasteiger charge is 2.23. The molecule has 0 aliphatic carbocycles. The zero-order valence-corrected chi connectivity index (χ0v) is 12.4. The largest absolute Gasteiger partial charge is 0.285 e. The predicted molar refractivity (Wildman–Crippen MR) is 77.5 cm³/mol. The number of benzene rings is 1. The Balaban J connectivity index is 3.11. The van der Waals surface area contributed by atoms with Crippen molar-refractivity contribution in [2.75, 3.05) is 0 Å². The molecule has 1 unspecified atom stereocenters. The van der Waals surface area contributed by atoms with Crippen LogP contribution in [0.1, 0.15) is 47.3 Å². The Kier molecular flexibility index (Phi) is 4.90. The summed E-state index contributed by atoms with van der Waals surface area (Å²) in [6.07, 6.45) is 0.734. The van der Waals surface area contributed by atoms with Crippen LogP contribution >= 0.6 is 0 Å². The van der Waals surface area contributed by atoms with Crippen molar-refractivity contribution in [1.29, 1.82) is 0 Å². The van der Waals surface area contributed by atoms with Gasteiger partial charge in [0, 0.05) is 5.56 Å². The Bertz CT molecular complexity index is 482. The van der Waals surface area contributed by atoms with E-state index >= 15 is 0 Å². The summed E-state index contributed by atoms with van der Waals surface area (Å²) >= 11 is 0. The lowest BCUT2D eigenvalue weighted by Crippen LogP contribution is -2.37. The molecular weight excluding hydrogens is 238 g/mol. The van der Waals surface area contributed by atoms with Gasteiger partial charge in [-0.25, -0.2) is 5.06 Å². The van der Waals surface area contributed by atoms with Crippen LogP contribution in [0.2, 0.25) is 0 Å². The Hall–Kier alpha value is -1.61. The summed E-state index contributed by atoms with van der Waals surface area (Å²) in [5, 5.41) is 10.9. The molecule has 0 saturated carbocycles. The molecule has 0 spiro atoms. The third kappa shape index (κ3) is 3.24. The molecule has 19 heavy (non-hydrogen) atoms. The number of rotatable bonds is 4. The molecule has 1 N–H and O–H groups in total. The highest BCUT2D eigenvalue weighted by molar-refractivity contribution is 5.96. The molecule has 1 aromatic carbocycles. The third-order valence-corrected chi connectivity index (χ3v) is 3.51. The lowest BCUT2D eigenvalue weighted by atomic mass is 9.98. The minimum absolute atomic E-state index is 0.364. The monoisotopic (exact) mass is 261 g/mol. The number of hydrogen-bond acceptors (Lipinski definition) is 2. The molecule has 3 nitrogen and oxygen atoms in total. The van der Waals surface area contributed by atoms with Crippen LogP contribution in [0.5, 0.6) is 0 Å². The molecule has 104 valence electrons. The maximum Gasteiger partial charge on any atom is 0.278 e. The Morgan fingerprint density at radius 1 is 1.32 bits per heavy atom. The molecule has 1 atom stereocenters. The van der Waals surface area contributed by atoms with E-state index in [0.717, 1.165) is 33.7 Å². The lowest BCUT2D eigenvalue weighted by molar-refractivity contribution is -0.0756. The van der Waals surface area contributed by atoms with Crippen molar-refractivity contribution in [3.05, 3.63) is 46.5 Å². The molecule has 0 saturated heterocycles. The third-order valence-electron chi connectivity index (χ3n) is 3.51. The summed E-state index contributed by atoms with van der Waals surface area (Å²) in [5.74, 6) is -0.364. The van der Waals surface area contributed by atoms with E-state index < -0.39 is 0 Å². The van der Waals surface area contributed by atoms with Crippen LogP contribution in [0.25, 0.3) is 0 Å². The zero-order chi connectivity index (χ0) is 14.7. The van der Waals surface area contributed by atoms with Crippen LogP contribution < -0.4 is 0 Å². The van der Waals surface area contributed by atoms with E-state index in [2.05, 4.69) is 6.58 Å². The fourth-order valence-corrected chi connectivity index (χ4v) is 2.28. The highest BCUT2D eigenvalue weighted by atomic mass is 16.5. The van der Waals surface area contributed by atoms with Crippen LogP contribution in [-0.2, 0) is 0 Å². The Morgan fingerprint density at radius 3 is 2.21 bits per heavy atom. The van der Waals surface area contributed by atoms with E-state index in [0.29, 0.717) is 5.56 Å². The van der Waals surface area contributed by atoms with E-state index in [9.17, 15) is 10.0 Å². The molecular formula is C16H23NO2. The minimum Gasteiger partial charge on any atom is -0.285 e. The van der Waals surface area contributed by atoms with Gasteiger partial charge < -0.3 is 0 Å². The molecule has 0 bridgehead atoms. The molecule has 0 heterocycles. The van der Waals surface area contributed by atoms with Crippen molar-refractivity contribution in [2.45, 2.75) is 47.1 Å². The smallest absolute Gasteiger partial charge is 0.278 e. The first kappa shape index (κ1) is 15.4. The second-order valence-corrected chi connectivity index (χ2v) is 5.11. The number of amides is 1. The minimum atomic E-state index is -0.377. The van der Waals surface area contributed by atoms with Gasteiger partial charge in [0.1, 0.15) is 0 Å². The van der Waals surface area contributed by atoms with E-state index in [4.69, 9.17) is 0 Å². The Labute approximate surface area is 115 Å². The van der Waals surface area contributed by atoms with Crippen LogP contribution in [-0.4, -0.2) is 22.2 Å². The van der Waals surface area contributed by atoms with Crippen molar-refractivity contribution >= 4 is 5.91 Å². The van der Waals surface area contributed by atoms with Crippen molar-refractivity contribution < 1.29 is 10.0 Å². The van der Waals surface area contributed by atoms with Crippen molar-refractivity contribution in [3.63, 3.8) is 0 Å². The average molecular weight is 261 g/mol. The summed E-state index contributed by atoms with van der Waals surface area (Å²) in [6.45, 7) is 13.4. The molecule has 1 rings (SSSR count). The van der Waals surface area contributed by atoms with Crippen LogP contribution in [0, 0.1) is 20.8 Å². The maximum absolute atomic E-state index is 12.4. The first-order chi connectivity index (χ1) is 8.79. The van der Waals surface area contributed by atoms with Gasteiger partial charge in [0.25, 0.3) is 5.91 Å². The van der Waals surface area contributed by atoms with Crippen LogP contribution in [0.15, 0.2) is 24.3 Å². The van der Waals surface area contributed by atoms with Crippen LogP contribution in [0.4, 0.5) is 0 Å². The number of aryl methyl sites for hydroxylation is 3. The van der Waals surface area contributed by atoms with Crippen LogP contribution in [0.3, 0.4) is 0 Å². The molecule has 3 heteroatoms. The number of hydroxylamine groups is 2. The normalized spacial score (nSPS) is 12.1. The van der Waals surface area contributed by atoms with Gasteiger partial charge in [0.2, 0.25) is 0 Å². The van der Waals surface area contributed by atoms with E-state index in [1.165, 1.54) is 0 Å². The molecule has 0 fully saturated rings. The predicted octanol–water partition coefficient (Wildman–Crippen LogP) is 3.80. The van der Waals surface area contributed by atoms with Gasteiger partial charge in [0.05, 0.1) is 6.04 Å². The van der Waals surface area contributed by atoms with Gasteiger partial charge in [-0.1, -0.05) is 36.8 Å². The summed E-state index contributed by atoms with van der Waals surface area (Å²) < 4.78 is 0. The summed E-state index contributed by atoms with van der Waals surface area (Å²) in [5.41, 5.74) is 4.29. The van der Waals surface area contributed by atoms with E-state index in [1.807, 2.05) is 39.8 Å².